The molecule has 3 aromatic rings. The number of fused-ring (bicyclic) bond motifs is 1. The number of aryl methyl sites for hydroxylation is 1. The Morgan fingerprint density at radius 1 is 1.15 bits per heavy atom. The topological polar surface area (TPSA) is 77.8 Å². The molecule has 1 heterocycles. The molecule has 26 heavy (non-hydrogen) atoms. The second kappa shape index (κ2) is 7.31. The molecule has 1 aromatic heterocycles. The fourth-order valence-electron chi connectivity index (χ4n) is 2.66. The SMILES string of the molecule is CCOC(=O)c1oc2ccc(NC(=O)c3cccc(OC)c3)cc2c1C. The Hall–Kier alpha value is -3.28. The molecule has 0 bridgehead atoms. The number of esters is 1. The van der Waals surface area contributed by atoms with Crippen molar-refractivity contribution in [2.75, 3.05) is 19.0 Å². The fraction of sp³-hybridized carbons (Fsp3) is 0.200. The standard InChI is InChI=1S/C20H19NO5/c1-4-25-20(23)18-12(2)16-11-14(8-9-17(16)26-18)21-19(22)13-6-5-7-15(10-13)24-3/h5-11H,4H2,1-3H3,(H,21,22). The third-order valence-electron chi connectivity index (χ3n) is 3.99. The Morgan fingerprint density at radius 3 is 2.69 bits per heavy atom. The zero-order chi connectivity index (χ0) is 18.7. The second-order valence-corrected chi connectivity index (χ2v) is 5.67. The summed E-state index contributed by atoms with van der Waals surface area (Å²) in [5, 5.41) is 3.59. The normalized spacial score (nSPS) is 10.6. The number of hydrogen-bond donors (Lipinski definition) is 1. The molecule has 0 spiro atoms. The lowest BCUT2D eigenvalue weighted by Gasteiger charge is -2.07. The van der Waals surface area contributed by atoms with Gasteiger partial charge in [-0.15, -0.1) is 0 Å². The summed E-state index contributed by atoms with van der Waals surface area (Å²) >= 11 is 0. The molecular formula is C20H19NO5. The maximum Gasteiger partial charge on any atom is 0.374 e. The van der Waals surface area contributed by atoms with Crippen LogP contribution < -0.4 is 10.1 Å². The van der Waals surface area contributed by atoms with Gasteiger partial charge in [0.1, 0.15) is 11.3 Å². The maximum absolute atomic E-state index is 12.4. The van der Waals surface area contributed by atoms with E-state index in [1.54, 1.807) is 63.4 Å². The third-order valence-corrected chi connectivity index (χ3v) is 3.99. The summed E-state index contributed by atoms with van der Waals surface area (Å²) in [4.78, 5) is 24.4. The number of hydrogen-bond acceptors (Lipinski definition) is 5. The van der Waals surface area contributed by atoms with Crippen molar-refractivity contribution in [2.45, 2.75) is 13.8 Å². The highest BCUT2D eigenvalue weighted by Crippen LogP contribution is 2.28. The summed E-state index contributed by atoms with van der Waals surface area (Å²) in [5.74, 6) is 0.0363. The van der Waals surface area contributed by atoms with Crippen molar-refractivity contribution < 1.29 is 23.5 Å². The van der Waals surface area contributed by atoms with Gasteiger partial charge < -0.3 is 19.2 Å². The van der Waals surface area contributed by atoms with Crippen LogP contribution in [0.25, 0.3) is 11.0 Å². The quantitative estimate of drug-likeness (QED) is 0.696. The molecule has 0 aliphatic carbocycles. The fourth-order valence-corrected chi connectivity index (χ4v) is 2.66. The van der Waals surface area contributed by atoms with Crippen molar-refractivity contribution in [1.82, 2.24) is 0 Å². The van der Waals surface area contributed by atoms with Crippen LogP contribution in [0.15, 0.2) is 46.9 Å². The first-order valence-corrected chi connectivity index (χ1v) is 8.19. The number of carbonyl (C=O) groups excluding carboxylic acids is 2. The molecule has 134 valence electrons. The highest BCUT2D eigenvalue weighted by Gasteiger charge is 2.19. The lowest BCUT2D eigenvalue weighted by Crippen LogP contribution is -2.11. The molecular weight excluding hydrogens is 334 g/mol. The van der Waals surface area contributed by atoms with Crippen molar-refractivity contribution in [3.63, 3.8) is 0 Å². The first-order valence-electron chi connectivity index (χ1n) is 8.19. The van der Waals surface area contributed by atoms with Crippen molar-refractivity contribution in [2.24, 2.45) is 0 Å². The van der Waals surface area contributed by atoms with Crippen LogP contribution in [0.4, 0.5) is 5.69 Å². The van der Waals surface area contributed by atoms with E-state index in [0.717, 1.165) is 5.39 Å². The molecule has 6 heteroatoms. The van der Waals surface area contributed by atoms with Gasteiger partial charge in [0.2, 0.25) is 5.76 Å². The van der Waals surface area contributed by atoms with E-state index in [0.29, 0.717) is 28.1 Å². The third kappa shape index (κ3) is 3.39. The Labute approximate surface area is 150 Å². The molecule has 1 N–H and O–H groups in total. The van der Waals surface area contributed by atoms with Gasteiger partial charge in [-0.3, -0.25) is 4.79 Å². The van der Waals surface area contributed by atoms with Gasteiger partial charge in [0, 0.05) is 22.2 Å². The summed E-state index contributed by atoms with van der Waals surface area (Å²) in [6, 6.07) is 12.1. The molecule has 2 aromatic carbocycles. The van der Waals surface area contributed by atoms with Crippen molar-refractivity contribution in [3.8, 4) is 5.75 Å². The molecule has 0 saturated carbocycles. The molecule has 1 amide bonds. The van der Waals surface area contributed by atoms with E-state index in [2.05, 4.69) is 5.32 Å². The van der Waals surface area contributed by atoms with Gasteiger partial charge in [-0.1, -0.05) is 6.07 Å². The van der Waals surface area contributed by atoms with Crippen LogP contribution in [0.5, 0.6) is 5.75 Å². The number of anilines is 1. The van der Waals surface area contributed by atoms with Crippen LogP contribution in [-0.2, 0) is 4.74 Å². The van der Waals surface area contributed by atoms with Crippen molar-refractivity contribution in [3.05, 3.63) is 59.4 Å². The van der Waals surface area contributed by atoms with Gasteiger partial charge in [0.25, 0.3) is 5.91 Å². The minimum Gasteiger partial charge on any atom is -0.497 e. The van der Waals surface area contributed by atoms with E-state index in [-0.39, 0.29) is 18.3 Å². The van der Waals surface area contributed by atoms with Crippen molar-refractivity contribution in [1.29, 1.82) is 0 Å². The first-order chi connectivity index (χ1) is 12.5. The molecule has 6 nitrogen and oxygen atoms in total. The predicted molar refractivity (Wildman–Crippen MR) is 97.9 cm³/mol. The van der Waals surface area contributed by atoms with Gasteiger partial charge >= 0.3 is 5.97 Å². The average Bonchev–Trinajstić information content (AvgIpc) is 2.98. The highest BCUT2D eigenvalue weighted by atomic mass is 16.5. The van der Waals surface area contributed by atoms with Crippen molar-refractivity contribution >= 4 is 28.5 Å². The number of furan rings is 1. The minimum absolute atomic E-state index is 0.179. The molecule has 0 radical (unpaired) electrons. The molecule has 0 aliphatic heterocycles. The number of carbonyl (C=O) groups is 2. The Bertz CT molecular complexity index is 973. The molecule has 0 unspecified atom stereocenters. The maximum atomic E-state index is 12.4. The van der Waals surface area contributed by atoms with Gasteiger partial charge in [-0.05, 0) is 50.2 Å². The van der Waals surface area contributed by atoms with Crippen LogP contribution in [0.3, 0.4) is 0 Å². The van der Waals surface area contributed by atoms with Crippen LogP contribution >= 0.6 is 0 Å². The van der Waals surface area contributed by atoms with Crippen LogP contribution in [0.1, 0.15) is 33.4 Å². The summed E-state index contributed by atoms with van der Waals surface area (Å²) in [6.07, 6.45) is 0. The Balaban J connectivity index is 1.88. The highest BCUT2D eigenvalue weighted by molar-refractivity contribution is 6.06. The number of nitrogens with one attached hydrogen (secondary N) is 1. The predicted octanol–water partition coefficient (Wildman–Crippen LogP) is 4.18. The van der Waals surface area contributed by atoms with Crippen LogP contribution in [0.2, 0.25) is 0 Å². The minimum atomic E-state index is -0.497. The van der Waals surface area contributed by atoms with Gasteiger partial charge in [-0.2, -0.15) is 0 Å². The largest absolute Gasteiger partial charge is 0.497 e. The van der Waals surface area contributed by atoms with E-state index in [9.17, 15) is 9.59 Å². The summed E-state index contributed by atoms with van der Waals surface area (Å²) < 4.78 is 15.7. The van der Waals surface area contributed by atoms with Crippen LogP contribution in [0, 0.1) is 6.92 Å². The van der Waals surface area contributed by atoms with Gasteiger partial charge in [0.05, 0.1) is 13.7 Å². The zero-order valence-electron chi connectivity index (χ0n) is 14.8. The Kier molecular flexibility index (Phi) is 4.93. The van der Waals surface area contributed by atoms with E-state index in [4.69, 9.17) is 13.9 Å². The summed E-state index contributed by atoms with van der Waals surface area (Å²) in [6.45, 7) is 3.80. The number of rotatable bonds is 5. The second-order valence-electron chi connectivity index (χ2n) is 5.67. The molecule has 0 atom stereocenters. The molecule has 0 saturated heterocycles. The Morgan fingerprint density at radius 2 is 1.96 bits per heavy atom. The zero-order valence-corrected chi connectivity index (χ0v) is 14.8. The molecule has 3 rings (SSSR count). The summed E-state index contributed by atoms with van der Waals surface area (Å²) in [5.41, 5.74) is 2.33. The lowest BCUT2D eigenvalue weighted by atomic mass is 10.1. The first kappa shape index (κ1) is 17.5. The lowest BCUT2D eigenvalue weighted by molar-refractivity contribution is 0.0491. The van der Waals surface area contributed by atoms with Crippen LogP contribution in [-0.4, -0.2) is 25.6 Å². The number of benzene rings is 2. The van der Waals surface area contributed by atoms with E-state index < -0.39 is 5.97 Å². The average molecular weight is 353 g/mol. The number of ether oxygens (including phenoxy) is 2. The molecule has 0 aliphatic rings. The summed E-state index contributed by atoms with van der Waals surface area (Å²) in [7, 11) is 1.55. The molecule has 0 fully saturated rings. The smallest absolute Gasteiger partial charge is 0.374 e. The van der Waals surface area contributed by atoms with Gasteiger partial charge in [-0.25, -0.2) is 4.79 Å². The monoisotopic (exact) mass is 353 g/mol. The van der Waals surface area contributed by atoms with E-state index in [1.807, 2.05) is 0 Å². The number of amides is 1. The van der Waals surface area contributed by atoms with E-state index >= 15 is 0 Å². The van der Waals surface area contributed by atoms with Gasteiger partial charge in [0.15, 0.2) is 0 Å². The number of methoxy groups -OCH3 is 1. The van der Waals surface area contributed by atoms with E-state index in [1.165, 1.54) is 0 Å².